The van der Waals surface area contributed by atoms with Gasteiger partial charge in [0.2, 0.25) is 5.91 Å². The van der Waals surface area contributed by atoms with Gasteiger partial charge in [0, 0.05) is 59.9 Å². The Morgan fingerprint density at radius 2 is 1.54 bits per heavy atom. The maximum atomic E-state index is 13.1. The summed E-state index contributed by atoms with van der Waals surface area (Å²) in [4.78, 5) is 17.2. The first kappa shape index (κ1) is 22.9. The predicted molar refractivity (Wildman–Crippen MR) is 141 cm³/mol. The van der Waals surface area contributed by atoms with Gasteiger partial charge in [0.1, 0.15) is 0 Å². The van der Waals surface area contributed by atoms with Crippen LogP contribution in [0.3, 0.4) is 0 Å². The summed E-state index contributed by atoms with van der Waals surface area (Å²) in [6.45, 7) is 1.22. The first-order valence-electron chi connectivity index (χ1n) is 11.7. The summed E-state index contributed by atoms with van der Waals surface area (Å²) in [7, 11) is 0. The molecule has 0 aliphatic rings. The van der Waals surface area contributed by atoms with Crippen LogP contribution >= 0.6 is 11.6 Å². The van der Waals surface area contributed by atoms with Gasteiger partial charge in [0.25, 0.3) is 0 Å². The Morgan fingerprint density at radius 3 is 2.34 bits per heavy atom. The van der Waals surface area contributed by atoms with Crippen molar-refractivity contribution in [3.8, 4) is 0 Å². The van der Waals surface area contributed by atoms with Gasteiger partial charge in [-0.1, -0.05) is 78.3 Å². The lowest BCUT2D eigenvalue weighted by atomic mass is 9.88. The Balaban J connectivity index is 1.51. The number of fused-ring (bicyclic) bond motifs is 1. The number of benzene rings is 3. The Labute approximate surface area is 210 Å². The maximum absolute atomic E-state index is 13.1. The summed E-state index contributed by atoms with van der Waals surface area (Å²) in [5.74, 6) is -0.199. The van der Waals surface area contributed by atoms with Gasteiger partial charge in [0.15, 0.2) is 0 Å². The first-order valence-corrected chi connectivity index (χ1v) is 12.1. The number of carbonyl (C=O) groups excluding carboxylic acids is 1. The second kappa shape index (κ2) is 10.6. The van der Waals surface area contributed by atoms with Gasteiger partial charge in [-0.2, -0.15) is 0 Å². The van der Waals surface area contributed by atoms with Crippen molar-refractivity contribution in [2.24, 2.45) is 0 Å². The zero-order chi connectivity index (χ0) is 24.0. The summed E-state index contributed by atoms with van der Waals surface area (Å²) < 4.78 is 2.26. The number of hydrogen-bond donors (Lipinski definition) is 1. The molecule has 1 unspecified atom stereocenters. The van der Waals surface area contributed by atoms with E-state index in [1.165, 1.54) is 5.56 Å². The van der Waals surface area contributed by atoms with Crippen LogP contribution in [0.25, 0.3) is 10.9 Å². The zero-order valence-electron chi connectivity index (χ0n) is 19.3. The van der Waals surface area contributed by atoms with Crippen molar-refractivity contribution in [2.75, 3.05) is 0 Å². The highest BCUT2D eigenvalue weighted by molar-refractivity contribution is 6.31. The number of carbonyl (C=O) groups is 1. The highest BCUT2D eigenvalue weighted by Crippen LogP contribution is 2.38. The van der Waals surface area contributed by atoms with Crippen LogP contribution in [0.15, 0.2) is 110 Å². The summed E-state index contributed by atoms with van der Waals surface area (Å²) in [5, 5.41) is 4.87. The van der Waals surface area contributed by atoms with Gasteiger partial charge in [-0.05, 0) is 46.5 Å². The second-order valence-corrected chi connectivity index (χ2v) is 9.03. The predicted octanol–water partition coefficient (Wildman–Crippen LogP) is 6.58. The number of hydrogen-bond acceptors (Lipinski definition) is 2. The van der Waals surface area contributed by atoms with E-state index in [9.17, 15) is 4.79 Å². The molecule has 0 bridgehead atoms. The number of amides is 1. The molecule has 0 saturated carbocycles. The average molecular weight is 480 g/mol. The Bertz CT molecular complexity index is 1430. The molecule has 4 nitrogen and oxygen atoms in total. The Kier molecular flexibility index (Phi) is 6.92. The molecule has 5 aromatic rings. The number of nitrogens with zero attached hydrogens (tertiary/aromatic N) is 2. The van der Waals surface area contributed by atoms with Gasteiger partial charge in [0.05, 0.1) is 0 Å². The molecule has 35 heavy (non-hydrogen) atoms. The van der Waals surface area contributed by atoms with Crippen LogP contribution in [0.4, 0.5) is 0 Å². The quantitative estimate of drug-likeness (QED) is 0.273. The minimum absolute atomic E-state index is 0.0216. The van der Waals surface area contributed by atoms with Gasteiger partial charge >= 0.3 is 0 Å². The van der Waals surface area contributed by atoms with Crippen molar-refractivity contribution in [2.45, 2.75) is 25.4 Å². The molecule has 0 aliphatic carbocycles. The van der Waals surface area contributed by atoms with Crippen LogP contribution < -0.4 is 5.32 Å². The lowest BCUT2D eigenvalue weighted by molar-refractivity contribution is -0.121. The zero-order valence-corrected chi connectivity index (χ0v) is 20.0. The first-order chi connectivity index (χ1) is 17.2. The third-order valence-electron chi connectivity index (χ3n) is 6.30. The van der Waals surface area contributed by atoms with Crippen LogP contribution in [0.2, 0.25) is 5.02 Å². The summed E-state index contributed by atoms with van der Waals surface area (Å²) >= 11 is 6.67. The third-order valence-corrected chi connectivity index (χ3v) is 6.64. The van der Waals surface area contributed by atoms with Crippen molar-refractivity contribution in [3.05, 3.63) is 137 Å². The number of pyridine rings is 1. The Hall–Kier alpha value is -3.89. The van der Waals surface area contributed by atoms with Crippen molar-refractivity contribution in [1.29, 1.82) is 0 Å². The molecule has 174 valence electrons. The summed E-state index contributed by atoms with van der Waals surface area (Å²) in [6, 6.07) is 30.4. The van der Waals surface area contributed by atoms with Gasteiger partial charge in [-0.15, -0.1) is 0 Å². The van der Waals surface area contributed by atoms with Crippen LogP contribution in [0, 0.1) is 0 Å². The Morgan fingerprint density at radius 1 is 0.829 bits per heavy atom. The smallest absolute Gasteiger partial charge is 0.221 e. The van der Waals surface area contributed by atoms with E-state index in [1.807, 2.05) is 48.5 Å². The molecular weight excluding hydrogens is 454 g/mol. The fourth-order valence-electron chi connectivity index (χ4n) is 4.57. The minimum Gasteiger partial charge on any atom is -0.352 e. The highest BCUT2D eigenvalue weighted by Gasteiger charge is 2.24. The van der Waals surface area contributed by atoms with Crippen LogP contribution in [0.5, 0.6) is 0 Å². The number of rotatable bonds is 8. The third kappa shape index (κ3) is 5.28. The van der Waals surface area contributed by atoms with Crippen molar-refractivity contribution in [3.63, 3.8) is 0 Å². The van der Waals surface area contributed by atoms with Crippen molar-refractivity contribution < 1.29 is 4.79 Å². The molecule has 1 N–H and O–H groups in total. The van der Waals surface area contributed by atoms with Crippen molar-refractivity contribution >= 4 is 28.4 Å². The van der Waals surface area contributed by atoms with E-state index in [2.05, 4.69) is 63.5 Å². The van der Waals surface area contributed by atoms with Gasteiger partial charge < -0.3 is 9.88 Å². The summed E-state index contributed by atoms with van der Waals surface area (Å²) in [5.41, 5.74) is 5.44. The largest absolute Gasteiger partial charge is 0.352 e. The van der Waals surface area contributed by atoms with E-state index in [1.54, 1.807) is 12.4 Å². The monoisotopic (exact) mass is 479 g/mol. The molecule has 0 saturated heterocycles. The van der Waals surface area contributed by atoms with E-state index in [0.717, 1.165) is 34.1 Å². The molecule has 0 spiro atoms. The molecule has 0 aliphatic heterocycles. The molecule has 2 aromatic heterocycles. The molecule has 0 radical (unpaired) electrons. The normalized spacial score (nSPS) is 11.9. The molecule has 1 atom stereocenters. The lowest BCUT2D eigenvalue weighted by Gasteiger charge is -2.18. The molecule has 1 amide bonds. The highest BCUT2D eigenvalue weighted by atomic mass is 35.5. The number of para-hydroxylation sites is 1. The number of aromatic nitrogens is 2. The van der Waals surface area contributed by atoms with Crippen LogP contribution in [-0.2, 0) is 17.9 Å². The molecule has 5 heteroatoms. The SMILES string of the molecule is O=C(CC(c1ccccc1Cl)c1cn(Cc2ccccc2)c2ccccc12)NCc1ccncc1. The summed E-state index contributed by atoms with van der Waals surface area (Å²) in [6.07, 6.45) is 5.95. The van der Waals surface area contributed by atoms with Crippen LogP contribution in [0.1, 0.15) is 34.6 Å². The van der Waals surface area contributed by atoms with E-state index < -0.39 is 0 Å². The molecule has 3 aromatic carbocycles. The fourth-order valence-corrected chi connectivity index (χ4v) is 4.84. The molecular formula is C30H26ClN3O. The van der Waals surface area contributed by atoms with E-state index >= 15 is 0 Å². The van der Waals surface area contributed by atoms with Crippen LogP contribution in [-0.4, -0.2) is 15.5 Å². The standard InChI is InChI=1S/C30H26ClN3O/c31-28-12-6-4-10-24(28)26(18-30(35)33-19-22-14-16-32-17-15-22)27-21-34(20-23-8-2-1-3-9-23)29-13-7-5-11-25(27)29/h1-17,21,26H,18-20H2,(H,33,35). The van der Waals surface area contributed by atoms with E-state index in [-0.39, 0.29) is 11.8 Å². The van der Waals surface area contributed by atoms with E-state index in [4.69, 9.17) is 11.6 Å². The topological polar surface area (TPSA) is 46.9 Å². The molecule has 5 rings (SSSR count). The van der Waals surface area contributed by atoms with Crippen molar-refractivity contribution in [1.82, 2.24) is 14.9 Å². The average Bonchev–Trinajstić information content (AvgIpc) is 3.26. The van der Waals surface area contributed by atoms with E-state index in [0.29, 0.717) is 18.0 Å². The molecule has 2 heterocycles. The molecule has 0 fully saturated rings. The number of halogens is 1. The fraction of sp³-hybridized carbons (Fsp3) is 0.133. The maximum Gasteiger partial charge on any atom is 0.221 e. The van der Waals surface area contributed by atoms with Gasteiger partial charge in [-0.25, -0.2) is 0 Å². The second-order valence-electron chi connectivity index (χ2n) is 8.63. The lowest BCUT2D eigenvalue weighted by Crippen LogP contribution is -2.25. The number of nitrogens with one attached hydrogen (secondary N) is 1. The minimum atomic E-state index is -0.178. The van der Waals surface area contributed by atoms with Gasteiger partial charge in [-0.3, -0.25) is 9.78 Å².